The van der Waals surface area contributed by atoms with Gasteiger partial charge in [0.15, 0.2) is 0 Å². The third-order valence-electron chi connectivity index (χ3n) is 2.17. The van der Waals surface area contributed by atoms with E-state index in [0.29, 0.717) is 13.0 Å². The zero-order valence-corrected chi connectivity index (χ0v) is 10.4. The maximum Gasteiger partial charge on any atom is 0.325 e. The molecule has 0 spiro atoms. The number of amides is 1. The molecule has 1 amide bonds. The van der Waals surface area contributed by atoms with Crippen molar-refractivity contribution in [2.75, 3.05) is 19.7 Å². The number of carboxylic acids is 1. The molecule has 1 N–H and O–H groups in total. The van der Waals surface area contributed by atoms with Crippen molar-refractivity contribution in [3.05, 3.63) is 0 Å². The lowest BCUT2D eigenvalue weighted by Gasteiger charge is -2.22. The van der Waals surface area contributed by atoms with Crippen LogP contribution in [0.4, 0.5) is 0 Å². The molecular weight excluding hydrogens is 226 g/mol. The van der Waals surface area contributed by atoms with Crippen molar-refractivity contribution >= 4 is 17.8 Å². The molecule has 0 bridgehead atoms. The molecule has 17 heavy (non-hydrogen) atoms. The van der Waals surface area contributed by atoms with Gasteiger partial charge in [-0.3, -0.25) is 14.4 Å². The maximum absolute atomic E-state index is 11.8. The number of hydrogen-bond acceptors (Lipinski definition) is 4. The molecular formula is C11H19NO5. The first kappa shape index (κ1) is 15.4. The van der Waals surface area contributed by atoms with Crippen LogP contribution in [0.2, 0.25) is 0 Å². The Labute approximate surface area is 101 Å². The van der Waals surface area contributed by atoms with Crippen LogP contribution in [0, 0.1) is 5.92 Å². The number of aliphatic carboxylic acids is 1. The van der Waals surface area contributed by atoms with Gasteiger partial charge in [-0.05, 0) is 20.3 Å². The van der Waals surface area contributed by atoms with Crippen LogP contribution in [-0.2, 0) is 19.1 Å². The third-order valence-corrected chi connectivity index (χ3v) is 2.17. The molecule has 0 aromatic rings. The topological polar surface area (TPSA) is 83.9 Å². The zero-order valence-electron chi connectivity index (χ0n) is 10.4. The molecule has 0 radical (unpaired) electrons. The Bertz CT molecular complexity index is 290. The fourth-order valence-electron chi connectivity index (χ4n) is 1.28. The molecule has 0 aliphatic heterocycles. The molecule has 98 valence electrons. The van der Waals surface area contributed by atoms with Gasteiger partial charge in [-0.1, -0.05) is 6.92 Å². The van der Waals surface area contributed by atoms with Crippen molar-refractivity contribution in [1.29, 1.82) is 0 Å². The van der Waals surface area contributed by atoms with Crippen molar-refractivity contribution in [1.82, 2.24) is 4.90 Å². The fraction of sp³-hybridized carbons (Fsp3) is 0.727. The van der Waals surface area contributed by atoms with Gasteiger partial charge < -0.3 is 14.7 Å². The summed E-state index contributed by atoms with van der Waals surface area (Å²) < 4.78 is 4.73. The number of carbonyl (C=O) groups is 3. The van der Waals surface area contributed by atoms with Gasteiger partial charge in [-0.15, -0.1) is 0 Å². The van der Waals surface area contributed by atoms with E-state index in [9.17, 15) is 14.4 Å². The number of rotatable bonds is 7. The first-order chi connectivity index (χ1) is 7.93. The number of carboxylic acid groups (broad SMARTS) is 1. The Morgan fingerprint density at radius 3 is 2.29 bits per heavy atom. The van der Waals surface area contributed by atoms with E-state index >= 15 is 0 Å². The van der Waals surface area contributed by atoms with Gasteiger partial charge in [0.05, 0.1) is 6.61 Å². The standard InChI is InChI=1S/C11H19NO5/c1-4-6-12(7-9(13)17-5-2)10(14)8(3)11(15)16/h8H,4-7H2,1-3H3,(H,15,16). The van der Waals surface area contributed by atoms with Gasteiger partial charge in [0.1, 0.15) is 12.5 Å². The fourth-order valence-corrected chi connectivity index (χ4v) is 1.28. The summed E-state index contributed by atoms with van der Waals surface area (Å²) in [6, 6.07) is 0. The van der Waals surface area contributed by atoms with E-state index in [2.05, 4.69) is 0 Å². The Balaban J connectivity index is 4.56. The number of ether oxygens (including phenoxy) is 1. The number of esters is 1. The van der Waals surface area contributed by atoms with Crippen LogP contribution in [0.5, 0.6) is 0 Å². The zero-order chi connectivity index (χ0) is 13.4. The third kappa shape index (κ3) is 5.33. The number of nitrogens with zero attached hydrogens (tertiary/aromatic N) is 1. The Morgan fingerprint density at radius 2 is 1.88 bits per heavy atom. The number of hydrogen-bond donors (Lipinski definition) is 1. The van der Waals surface area contributed by atoms with Crippen LogP contribution < -0.4 is 0 Å². The molecule has 6 heteroatoms. The Morgan fingerprint density at radius 1 is 1.29 bits per heavy atom. The lowest BCUT2D eigenvalue weighted by atomic mass is 10.1. The van der Waals surface area contributed by atoms with E-state index in [4.69, 9.17) is 9.84 Å². The molecule has 1 unspecified atom stereocenters. The molecule has 0 aromatic carbocycles. The average Bonchev–Trinajstić information content (AvgIpc) is 2.26. The van der Waals surface area contributed by atoms with Gasteiger partial charge in [-0.2, -0.15) is 0 Å². The van der Waals surface area contributed by atoms with E-state index in [-0.39, 0.29) is 13.2 Å². The van der Waals surface area contributed by atoms with Gasteiger partial charge in [0.25, 0.3) is 0 Å². The molecule has 0 fully saturated rings. The van der Waals surface area contributed by atoms with E-state index < -0.39 is 23.8 Å². The summed E-state index contributed by atoms with van der Waals surface area (Å²) >= 11 is 0. The summed E-state index contributed by atoms with van der Waals surface area (Å²) in [7, 11) is 0. The summed E-state index contributed by atoms with van der Waals surface area (Å²) in [6.07, 6.45) is 0.650. The smallest absolute Gasteiger partial charge is 0.325 e. The molecule has 0 aliphatic carbocycles. The summed E-state index contributed by atoms with van der Waals surface area (Å²) in [5, 5.41) is 8.74. The second-order valence-electron chi connectivity index (χ2n) is 3.62. The van der Waals surface area contributed by atoms with Crippen LogP contribution in [0.3, 0.4) is 0 Å². The Kier molecular flexibility index (Phi) is 6.93. The highest BCUT2D eigenvalue weighted by atomic mass is 16.5. The molecule has 0 aliphatic rings. The van der Waals surface area contributed by atoms with E-state index in [1.54, 1.807) is 6.92 Å². The first-order valence-corrected chi connectivity index (χ1v) is 5.61. The van der Waals surface area contributed by atoms with Gasteiger partial charge in [-0.25, -0.2) is 0 Å². The minimum absolute atomic E-state index is 0.196. The highest BCUT2D eigenvalue weighted by Crippen LogP contribution is 2.04. The van der Waals surface area contributed by atoms with E-state index in [0.717, 1.165) is 0 Å². The molecule has 0 heterocycles. The first-order valence-electron chi connectivity index (χ1n) is 5.61. The second kappa shape index (κ2) is 7.65. The van der Waals surface area contributed by atoms with E-state index in [1.807, 2.05) is 6.92 Å². The molecule has 1 atom stereocenters. The van der Waals surface area contributed by atoms with Gasteiger partial charge in [0.2, 0.25) is 5.91 Å². The molecule has 0 aromatic heterocycles. The quantitative estimate of drug-likeness (QED) is 0.522. The van der Waals surface area contributed by atoms with Crippen LogP contribution >= 0.6 is 0 Å². The predicted molar refractivity (Wildman–Crippen MR) is 60.3 cm³/mol. The highest BCUT2D eigenvalue weighted by Gasteiger charge is 2.27. The summed E-state index contributed by atoms with van der Waals surface area (Å²) in [6.45, 7) is 5.20. The predicted octanol–water partition coefficient (Wildman–Crippen LogP) is 0.509. The Hall–Kier alpha value is -1.59. The van der Waals surface area contributed by atoms with Crippen LogP contribution in [0.1, 0.15) is 27.2 Å². The molecule has 6 nitrogen and oxygen atoms in total. The van der Waals surface area contributed by atoms with E-state index in [1.165, 1.54) is 11.8 Å². The second-order valence-corrected chi connectivity index (χ2v) is 3.62. The lowest BCUT2D eigenvalue weighted by molar-refractivity contribution is -0.155. The monoisotopic (exact) mass is 245 g/mol. The summed E-state index contributed by atoms with van der Waals surface area (Å²) in [5.41, 5.74) is 0. The van der Waals surface area contributed by atoms with Gasteiger partial charge in [0, 0.05) is 6.54 Å². The van der Waals surface area contributed by atoms with Crippen molar-refractivity contribution < 1.29 is 24.2 Å². The largest absolute Gasteiger partial charge is 0.481 e. The maximum atomic E-state index is 11.8. The van der Waals surface area contributed by atoms with Crippen molar-refractivity contribution in [3.8, 4) is 0 Å². The van der Waals surface area contributed by atoms with Crippen LogP contribution in [0.25, 0.3) is 0 Å². The highest BCUT2D eigenvalue weighted by molar-refractivity contribution is 5.97. The van der Waals surface area contributed by atoms with Crippen molar-refractivity contribution in [2.24, 2.45) is 5.92 Å². The molecule has 0 saturated heterocycles. The SMILES string of the molecule is CCCN(CC(=O)OCC)C(=O)C(C)C(=O)O. The lowest BCUT2D eigenvalue weighted by Crippen LogP contribution is -2.42. The molecule has 0 saturated carbocycles. The van der Waals surface area contributed by atoms with Crippen molar-refractivity contribution in [3.63, 3.8) is 0 Å². The van der Waals surface area contributed by atoms with Crippen LogP contribution in [0.15, 0.2) is 0 Å². The molecule has 0 rings (SSSR count). The van der Waals surface area contributed by atoms with Crippen molar-refractivity contribution in [2.45, 2.75) is 27.2 Å². The van der Waals surface area contributed by atoms with Gasteiger partial charge >= 0.3 is 11.9 Å². The normalized spacial score (nSPS) is 11.7. The minimum atomic E-state index is -1.19. The summed E-state index contributed by atoms with van der Waals surface area (Å²) in [5.74, 6) is -3.42. The minimum Gasteiger partial charge on any atom is -0.481 e. The number of carbonyl (C=O) groups excluding carboxylic acids is 2. The average molecular weight is 245 g/mol. The van der Waals surface area contributed by atoms with Crippen LogP contribution in [-0.4, -0.2) is 47.5 Å². The summed E-state index contributed by atoms with van der Waals surface area (Å²) in [4.78, 5) is 34.9.